The molecule has 2 heterocycles. The average molecular weight is 497 g/mol. The van der Waals surface area contributed by atoms with Gasteiger partial charge in [-0.25, -0.2) is 0 Å². The first-order chi connectivity index (χ1) is 15.5. The average Bonchev–Trinajstić information content (AvgIpc) is 3.18. The summed E-state index contributed by atoms with van der Waals surface area (Å²) < 4.78 is 8.23. The summed E-state index contributed by atoms with van der Waals surface area (Å²) in [6.07, 6.45) is 4.67. The number of aromatic nitrogens is 2. The molecule has 0 saturated carbocycles. The van der Waals surface area contributed by atoms with Crippen molar-refractivity contribution in [1.82, 2.24) is 14.7 Å². The summed E-state index contributed by atoms with van der Waals surface area (Å²) in [4.78, 5) is 27.6. The van der Waals surface area contributed by atoms with Gasteiger partial charge in [0, 0.05) is 25.7 Å². The number of carbonyl (C=O) groups is 2. The maximum atomic E-state index is 13.0. The smallest absolute Gasteiger partial charge is 0.274 e. The third-order valence-corrected chi connectivity index (χ3v) is 6.14. The number of ether oxygens (including phenoxy) is 1. The van der Waals surface area contributed by atoms with Crippen molar-refractivity contribution >= 4 is 33.4 Å². The maximum Gasteiger partial charge on any atom is 0.274 e. The number of piperidine rings is 1. The van der Waals surface area contributed by atoms with Crippen LogP contribution in [0.4, 0.5) is 5.69 Å². The topological polar surface area (TPSA) is 76.5 Å². The molecule has 1 saturated heterocycles. The van der Waals surface area contributed by atoms with E-state index in [4.69, 9.17) is 4.74 Å². The second-order valence-electron chi connectivity index (χ2n) is 7.75. The molecule has 0 unspecified atom stereocenters. The molecule has 1 aromatic heterocycles. The molecular formula is C24H25BrN4O3. The van der Waals surface area contributed by atoms with Crippen LogP contribution in [-0.4, -0.2) is 39.6 Å². The Hall–Kier alpha value is -3.13. The molecule has 0 atom stereocenters. The molecule has 2 amide bonds. The van der Waals surface area contributed by atoms with Gasteiger partial charge in [-0.2, -0.15) is 5.10 Å². The van der Waals surface area contributed by atoms with Crippen LogP contribution in [0.3, 0.4) is 0 Å². The van der Waals surface area contributed by atoms with Crippen LogP contribution in [-0.2, 0) is 13.7 Å². The lowest BCUT2D eigenvalue weighted by Crippen LogP contribution is -2.37. The summed E-state index contributed by atoms with van der Waals surface area (Å²) in [5.41, 5.74) is 2.27. The third kappa shape index (κ3) is 5.02. The van der Waals surface area contributed by atoms with Gasteiger partial charge in [0.1, 0.15) is 18.1 Å². The maximum absolute atomic E-state index is 13.0. The first kappa shape index (κ1) is 22.1. The number of rotatable bonds is 6. The van der Waals surface area contributed by atoms with E-state index in [1.54, 1.807) is 19.2 Å². The molecule has 3 aromatic rings. The second kappa shape index (κ2) is 9.99. The number of likely N-dealkylation sites (tertiary alicyclic amines) is 1. The summed E-state index contributed by atoms with van der Waals surface area (Å²) in [6.45, 7) is 1.86. The van der Waals surface area contributed by atoms with E-state index in [0.29, 0.717) is 23.6 Å². The second-order valence-corrected chi connectivity index (χ2v) is 8.61. The largest absolute Gasteiger partial charge is 0.488 e. The van der Waals surface area contributed by atoms with Crippen LogP contribution < -0.4 is 10.1 Å². The number of halogens is 1. The Labute approximate surface area is 195 Å². The lowest BCUT2D eigenvalue weighted by Gasteiger charge is -2.27. The summed E-state index contributed by atoms with van der Waals surface area (Å²) in [7, 11) is 1.72. The number of carbonyl (C=O) groups excluding carboxylic acids is 2. The number of nitrogens with one attached hydrogen (secondary N) is 1. The highest BCUT2D eigenvalue weighted by Gasteiger charge is 2.25. The minimum absolute atomic E-state index is 0.0976. The fourth-order valence-corrected chi connectivity index (χ4v) is 4.10. The van der Waals surface area contributed by atoms with Gasteiger partial charge in [0.25, 0.3) is 11.8 Å². The van der Waals surface area contributed by atoms with Gasteiger partial charge in [0.2, 0.25) is 0 Å². The van der Waals surface area contributed by atoms with Crippen molar-refractivity contribution in [3.63, 3.8) is 0 Å². The molecule has 0 radical (unpaired) electrons. The summed E-state index contributed by atoms with van der Waals surface area (Å²) >= 11 is 3.46. The molecule has 1 aliphatic heterocycles. The normalized spacial score (nSPS) is 13.6. The van der Waals surface area contributed by atoms with E-state index in [9.17, 15) is 9.59 Å². The zero-order chi connectivity index (χ0) is 22.5. The van der Waals surface area contributed by atoms with Crippen molar-refractivity contribution in [2.45, 2.75) is 25.9 Å². The molecule has 32 heavy (non-hydrogen) atoms. The lowest BCUT2D eigenvalue weighted by molar-refractivity contribution is 0.0714. The number of hydrogen-bond donors (Lipinski definition) is 1. The minimum atomic E-state index is -0.288. The number of anilines is 1. The van der Waals surface area contributed by atoms with Crippen molar-refractivity contribution in [3.8, 4) is 5.75 Å². The summed E-state index contributed by atoms with van der Waals surface area (Å²) in [5.74, 6) is 0.375. The van der Waals surface area contributed by atoms with Crippen molar-refractivity contribution < 1.29 is 14.3 Å². The van der Waals surface area contributed by atoms with Gasteiger partial charge in [-0.15, -0.1) is 0 Å². The molecule has 0 aliphatic carbocycles. The fourth-order valence-electron chi connectivity index (χ4n) is 3.70. The Balaban J connectivity index is 1.41. The molecule has 166 valence electrons. The van der Waals surface area contributed by atoms with Crippen LogP contribution in [0.15, 0.2) is 59.2 Å². The van der Waals surface area contributed by atoms with Crippen LogP contribution in [0.2, 0.25) is 0 Å². The van der Waals surface area contributed by atoms with E-state index in [1.807, 2.05) is 41.3 Å². The Morgan fingerprint density at radius 1 is 1.06 bits per heavy atom. The van der Waals surface area contributed by atoms with E-state index in [1.165, 1.54) is 10.9 Å². The Bertz CT molecular complexity index is 1100. The van der Waals surface area contributed by atoms with Crippen LogP contribution in [0.25, 0.3) is 0 Å². The zero-order valence-corrected chi connectivity index (χ0v) is 19.5. The molecule has 7 nitrogen and oxygen atoms in total. The molecule has 8 heteroatoms. The number of benzene rings is 2. The molecular weight excluding hydrogens is 472 g/mol. The number of aryl methyl sites for hydroxylation is 1. The number of nitrogens with zero attached hydrogens (tertiary/aromatic N) is 3. The van der Waals surface area contributed by atoms with Gasteiger partial charge in [0.05, 0.1) is 16.4 Å². The third-order valence-electron chi connectivity index (χ3n) is 5.48. The SMILES string of the molecule is Cn1ncc(NC(=O)c2ccc(COc3ccccc3Br)cc2)c1C(=O)N1CCCCC1. The predicted octanol–water partition coefficient (Wildman–Crippen LogP) is 4.64. The van der Waals surface area contributed by atoms with Crippen molar-refractivity contribution in [3.05, 3.63) is 76.0 Å². The predicted molar refractivity (Wildman–Crippen MR) is 126 cm³/mol. The van der Waals surface area contributed by atoms with E-state index in [0.717, 1.165) is 48.1 Å². The zero-order valence-electron chi connectivity index (χ0n) is 17.9. The monoisotopic (exact) mass is 496 g/mol. The fraction of sp³-hybridized carbons (Fsp3) is 0.292. The standard InChI is InChI=1S/C24H25BrN4O3/c1-28-22(24(31)29-13-5-2-6-14-29)20(15-26-28)27-23(30)18-11-9-17(10-12-18)16-32-21-8-4-3-7-19(21)25/h3-4,7-12,15H,2,5-6,13-14,16H2,1H3,(H,27,30). The molecule has 1 aliphatic rings. The molecule has 1 fully saturated rings. The summed E-state index contributed by atoms with van der Waals surface area (Å²) in [6, 6.07) is 14.9. The van der Waals surface area contributed by atoms with E-state index in [2.05, 4.69) is 26.3 Å². The van der Waals surface area contributed by atoms with Crippen molar-refractivity contribution in [2.75, 3.05) is 18.4 Å². The highest BCUT2D eigenvalue weighted by molar-refractivity contribution is 9.10. The Morgan fingerprint density at radius 3 is 2.50 bits per heavy atom. The van der Waals surface area contributed by atoms with E-state index >= 15 is 0 Å². The first-order valence-corrected chi connectivity index (χ1v) is 11.4. The highest BCUT2D eigenvalue weighted by atomic mass is 79.9. The van der Waals surface area contributed by atoms with Crippen molar-refractivity contribution in [1.29, 1.82) is 0 Å². The van der Waals surface area contributed by atoms with Crippen LogP contribution >= 0.6 is 15.9 Å². The minimum Gasteiger partial charge on any atom is -0.488 e. The van der Waals surface area contributed by atoms with Gasteiger partial charge in [-0.05, 0) is 65.0 Å². The summed E-state index contributed by atoms with van der Waals surface area (Å²) in [5, 5.41) is 7.03. The Kier molecular flexibility index (Phi) is 6.90. The van der Waals surface area contributed by atoms with Gasteiger partial charge in [0.15, 0.2) is 0 Å². The number of hydrogen-bond acceptors (Lipinski definition) is 4. The first-order valence-electron chi connectivity index (χ1n) is 10.6. The molecule has 1 N–H and O–H groups in total. The van der Waals surface area contributed by atoms with Crippen LogP contribution in [0.5, 0.6) is 5.75 Å². The van der Waals surface area contributed by atoms with Gasteiger partial charge >= 0.3 is 0 Å². The number of amides is 2. The molecule has 4 rings (SSSR count). The van der Waals surface area contributed by atoms with Gasteiger partial charge < -0.3 is 15.0 Å². The quantitative estimate of drug-likeness (QED) is 0.539. The number of para-hydroxylation sites is 1. The van der Waals surface area contributed by atoms with Gasteiger partial charge in [-0.1, -0.05) is 24.3 Å². The lowest BCUT2D eigenvalue weighted by atomic mass is 10.1. The molecule has 0 spiro atoms. The highest BCUT2D eigenvalue weighted by Crippen LogP contribution is 2.25. The van der Waals surface area contributed by atoms with Crippen LogP contribution in [0.1, 0.15) is 45.7 Å². The van der Waals surface area contributed by atoms with E-state index < -0.39 is 0 Å². The van der Waals surface area contributed by atoms with Crippen molar-refractivity contribution in [2.24, 2.45) is 7.05 Å². The van der Waals surface area contributed by atoms with E-state index in [-0.39, 0.29) is 11.8 Å². The Morgan fingerprint density at radius 2 is 1.78 bits per heavy atom. The van der Waals surface area contributed by atoms with Gasteiger partial charge in [-0.3, -0.25) is 14.3 Å². The van der Waals surface area contributed by atoms with Crippen LogP contribution in [0, 0.1) is 0 Å². The molecule has 0 bridgehead atoms. The molecule has 2 aromatic carbocycles.